The van der Waals surface area contributed by atoms with Gasteiger partial charge in [0.2, 0.25) is 5.91 Å². The van der Waals surface area contributed by atoms with Gasteiger partial charge < -0.3 is 10.3 Å². The normalized spacial score (nSPS) is 14.6. The van der Waals surface area contributed by atoms with Crippen LogP contribution in [0.5, 0.6) is 0 Å². The summed E-state index contributed by atoms with van der Waals surface area (Å²) in [6, 6.07) is 8.10. The first-order valence-electron chi connectivity index (χ1n) is 13.1. The number of pyridine rings is 2. The average molecular weight is 494 g/mol. The molecule has 37 heavy (non-hydrogen) atoms. The molecule has 6 rings (SSSR count). The number of aromatic amines is 2. The van der Waals surface area contributed by atoms with Crippen LogP contribution >= 0.6 is 0 Å². The molecule has 0 radical (unpaired) electrons. The first kappa shape index (κ1) is 23.3. The van der Waals surface area contributed by atoms with Crippen LogP contribution in [0.1, 0.15) is 63.9 Å². The molecule has 0 bridgehead atoms. The monoisotopic (exact) mass is 493 g/mol. The van der Waals surface area contributed by atoms with Crippen molar-refractivity contribution in [1.29, 1.82) is 0 Å². The Hall–Kier alpha value is -4.07. The third kappa shape index (κ3) is 4.71. The smallest absolute Gasteiger partial charge is 0.224 e. The van der Waals surface area contributed by atoms with Gasteiger partial charge in [-0.1, -0.05) is 39.2 Å². The minimum absolute atomic E-state index is 0.00602. The number of carbonyl (C=O) groups is 1. The van der Waals surface area contributed by atoms with Crippen molar-refractivity contribution in [3.8, 4) is 22.6 Å². The van der Waals surface area contributed by atoms with Gasteiger partial charge in [-0.2, -0.15) is 5.10 Å². The maximum Gasteiger partial charge on any atom is 0.224 e. The number of anilines is 1. The van der Waals surface area contributed by atoms with Crippen molar-refractivity contribution < 1.29 is 4.79 Å². The molecule has 1 aliphatic rings. The van der Waals surface area contributed by atoms with Crippen LogP contribution in [-0.4, -0.2) is 36.0 Å². The number of amides is 1. The van der Waals surface area contributed by atoms with E-state index in [0.717, 1.165) is 44.6 Å². The van der Waals surface area contributed by atoms with E-state index in [1.807, 2.05) is 50.6 Å². The fourth-order valence-electron chi connectivity index (χ4n) is 5.40. The Bertz CT molecular complexity index is 1580. The van der Waals surface area contributed by atoms with Crippen LogP contribution in [0.3, 0.4) is 0 Å². The third-order valence-corrected chi connectivity index (χ3v) is 7.20. The number of aromatic nitrogens is 6. The van der Waals surface area contributed by atoms with E-state index in [0.29, 0.717) is 23.9 Å². The van der Waals surface area contributed by atoms with Crippen LogP contribution < -0.4 is 5.32 Å². The molecule has 1 fully saturated rings. The lowest BCUT2D eigenvalue weighted by Crippen LogP contribution is -2.13. The fraction of sp³-hybridized carbons (Fsp3) is 0.345. The molecule has 0 atom stereocenters. The second kappa shape index (κ2) is 9.76. The summed E-state index contributed by atoms with van der Waals surface area (Å²) < 4.78 is 0. The molecule has 4 aromatic heterocycles. The zero-order valence-corrected chi connectivity index (χ0v) is 21.2. The number of hydrogen-bond acceptors (Lipinski definition) is 5. The Morgan fingerprint density at radius 2 is 1.84 bits per heavy atom. The number of H-pyrrole nitrogens is 2. The van der Waals surface area contributed by atoms with Crippen molar-refractivity contribution in [2.75, 3.05) is 5.32 Å². The van der Waals surface area contributed by atoms with Gasteiger partial charge in [0.1, 0.15) is 5.69 Å². The van der Waals surface area contributed by atoms with Gasteiger partial charge in [-0.15, -0.1) is 0 Å². The summed E-state index contributed by atoms with van der Waals surface area (Å²) in [5.74, 6) is 1.54. The number of imidazole rings is 1. The van der Waals surface area contributed by atoms with Crippen molar-refractivity contribution >= 4 is 33.5 Å². The van der Waals surface area contributed by atoms with Crippen LogP contribution in [0.25, 0.3) is 44.6 Å². The van der Waals surface area contributed by atoms with E-state index in [-0.39, 0.29) is 5.91 Å². The molecular weight excluding hydrogens is 462 g/mol. The van der Waals surface area contributed by atoms with Gasteiger partial charge in [-0.3, -0.25) is 19.9 Å². The van der Waals surface area contributed by atoms with Crippen LogP contribution in [0.2, 0.25) is 0 Å². The van der Waals surface area contributed by atoms with Gasteiger partial charge in [-0.25, -0.2) is 4.98 Å². The highest BCUT2D eigenvalue weighted by atomic mass is 16.1. The molecule has 0 unspecified atom stereocenters. The molecule has 0 saturated heterocycles. The van der Waals surface area contributed by atoms with E-state index in [1.165, 1.54) is 37.7 Å². The van der Waals surface area contributed by atoms with E-state index in [1.54, 1.807) is 6.20 Å². The Morgan fingerprint density at radius 3 is 2.68 bits per heavy atom. The number of nitrogens with zero attached hydrogens (tertiary/aromatic N) is 4. The molecule has 0 aliphatic heterocycles. The summed E-state index contributed by atoms with van der Waals surface area (Å²) in [7, 11) is 0. The average Bonchev–Trinajstić information content (AvgIpc) is 3.52. The van der Waals surface area contributed by atoms with Crippen LogP contribution in [0.15, 0.2) is 49.1 Å². The van der Waals surface area contributed by atoms with Gasteiger partial charge in [0, 0.05) is 35.3 Å². The lowest BCUT2D eigenvalue weighted by molar-refractivity contribution is -0.116. The summed E-state index contributed by atoms with van der Waals surface area (Å²) in [6.45, 7) is 4.06. The number of rotatable bonds is 6. The van der Waals surface area contributed by atoms with Gasteiger partial charge >= 0.3 is 0 Å². The van der Waals surface area contributed by atoms with Gasteiger partial charge in [0.05, 0.1) is 34.6 Å². The molecule has 8 heteroatoms. The van der Waals surface area contributed by atoms with Crippen molar-refractivity contribution in [1.82, 2.24) is 30.1 Å². The highest BCUT2D eigenvalue weighted by Gasteiger charge is 2.21. The number of hydrogen-bond donors (Lipinski definition) is 3. The van der Waals surface area contributed by atoms with Gasteiger partial charge in [0.25, 0.3) is 0 Å². The molecule has 1 aliphatic carbocycles. The summed E-state index contributed by atoms with van der Waals surface area (Å²) in [6.07, 6.45) is 14.0. The van der Waals surface area contributed by atoms with Crippen molar-refractivity contribution in [3.63, 3.8) is 0 Å². The fourth-order valence-corrected chi connectivity index (χ4v) is 5.40. The first-order valence-corrected chi connectivity index (χ1v) is 13.1. The minimum atomic E-state index is -0.00602. The molecular formula is C29H31N7O. The van der Waals surface area contributed by atoms with E-state index in [2.05, 4.69) is 36.5 Å². The molecule has 8 nitrogen and oxygen atoms in total. The Balaban J connectivity index is 1.35. The number of fused-ring (bicyclic) bond motifs is 2. The van der Waals surface area contributed by atoms with E-state index < -0.39 is 0 Å². The summed E-state index contributed by atoms with van der Waals surface area (Å²) in [4.78, 5) is 29.6. The van der Waals surface area contributed by atoms with Crippen LogP contribution in [-0.2, 0) is 4.79 Å². The van der Waals surface area contributed by atoms with Gasteiger partial charge in [-0.05, 0) is 48.4 Å². The first-order chi connectivity index (χ1) is 18.0. The maximum atomic E-state index is 12.2. The second-order valence-corrected chi connectivity index (χ2v) is 10.5. The standard InChI is InChI=1S/C29H31N7O/c1-17(2)10-26(37)32-21-11-20(13-30-14-21)19-8-9-24-22(12-19)28(36-35-24)29-33-25-16-31-15-23(27(25)34-29)18-6-4-3-5-7-18/h8-9,11-18H,3-7,10H2,1-2H3,(H,32,37)(H,33,34)(H,35,36). The molecule has 0 spiro atoms. The SMILES string of the molecule is CC(C)CC(=O)Nc1cncc(-c2ccc3[nH]nc(-c4nc5c(C6CCCCC6)cncc5[nH]4)c3c2)c1. The summed E-state index contributed by atoms with van der Waals surface area (Å²) in [5, 5.41) is 11.7. The van der Waals surface area contributed by atoms with E-state index in [9.17, 15) is 4.79 Å². The number of benzene rings is 1. The third-order valence-electron chi connectivity index (χ3n) is 7.20. The Morgan fingerprint density at radius 1 is 1.00 bits per heavy atom. The zero-order valence-electron chi connectivity index (χ0n) is 21.2. The highest BCUT2D eigenvalue weighted by molar-refractivity contribution is 5.96. The highest BCUT2D eigenvalue weighted by Crippen LogP contribution is 2.37. The molecule has 1 aromatic carbocycles. The Kier molecular flexibility index (Phi) is 6.16. The van der Waals surface area contributed by atoms with Crippen LogP contribution in [0.4, 0.5) is 5.69 Å². The molecule has 3 N–H and O–H groups in total. The molecule has 188 valence electrons. The van der Waals surface area contributed by atoms with Crippen molar-refractivity contribution in [2.45, 2.75) is 58.3 Å². The predicted octanol–water partition coefficient (Wildman–Crippen LogP) is 6.60. The van der Waals surface area contributed by atoms with Crippen molar-refractivity contribution in [2.24, 2.45) is 5.92 Å². The minimum Gasteiger partial charge on any atom is -0.335 e. The molecule has 1 saturated carbocycles. The zero-order chi connectivity index (χ0) is 25.4. The Labute approximate surface area is 215 Å². The largest absolute Gasteiger partial charge is 0.335 e. The van der Waals surface area contributed by atoms with E-state index in [4.69, 9.17) is 4.98 Å². The lowest BCUT2D eigenvalue weighted by atomic mass is 9.84. The molecule has 4 heterocycles. The number of carbonyl (C=O) groups excluding carboxylic acids is 1. The lowest BCUT2D eigenvalue weighted by Gasteiger charge is -2.21. The summed E-state index contributed by atoms with van der Waals surface area (Å²) >= 11 is 0. The van der Waals surface area contributed by atoms with Crippen LogP contribution in [0, 0.1) is 5.92 Å². The van der Waals surface area contributed by atoms with E-state index >= 15 is 0 Å². The number of nitrogens with one attached hydrogen (secondary N) is 3. The second-order valence-electron chi connectivity index (χ2n) is 10.5. The summed E-state index contributed by atoms with van der Waals surface area (Å²) in [5.41, 5.74) is 7.49. The topological polar surface area (TPSA) is 112 Å². The molecule has 5 aromatic rings. The van der Waals surface area contributed by atoms with Crippen molar-refractivity contribution in [3.05, 3.63) is 54.6 Å². The van der Waals surface area contributed by atoms with Gasteiger partial charge in [0.15, 0.2) is 5.82 Å². The quantitative estimate of drug-likeness (QED) is 0.247. The maximum absolute atomic E-state index is 12.2. The molecule has 1 amide bonds. The predicted molar refractivity (Wildman–Crippen MR) is 146 cm³/mol.